The predicted octanol–water partition coefficient (Wildman–Crippen LogP) is 0.496. The summed E-state index contributed by atoms with van der Waals surface area (Å²) < 4.78 is 0. The molecule has 3 nitrogen and oxygen atoms in total. The number of nitrogens with zero attached hydrogens (tertiary/aromatic N) is 2. The van der Waals surface area contributed by atoms with Crippen molar-refractivity contribution in [3.8, 4) is 0 Å². The zero-order valence-corrected chi connectivity index (χ0v) is 7.64. The molecule has 1 rings (SSSR count). The van der Waals surface area contributed by atoms with Gasteiger partial charge in [-0.2, -0.15) is 0 Å². The van der Waals surface area contributed by atoms with Gasteiger partial charge in [-0.25, -0.2) is 10.0 Å². The lowest BCUT2D eigenvalue weighted by Gasteiger charge is -2.26. The van der Waals surface area contributed by atoms with Crippen molar-refractivity contribution in [2.75, 3.05) is 33.4 Å². The van der Waals surface area contributed by atoms with Crippen molar-refractivity contribution in [1.82, 2.24) is 15.3 Å². The smallest absolute Gasteiger partial charge is 0.0624 e. The molecule has 0 aromatic rings. The highest BCUT2D eigenvalue weighted by Gasteiger charge is 2.14. The molecule has 1 aliphatic heterocycles. The molecular formula is C8H19N3. The van der Waals surface area contributed by atoms with Gasteiger partial charge >= 0.3 is 0 Å². The van der Waals surface area contributed by atoms with Crippen molar-refractivity contribution < 1.29 is 0 Å². The second kappa shape index (κ2) is 4.70. The lowest BCUT2D eigenvalue weighted by molar-refractivity contribution is 0.0223. The largest absolute Gasteiger partial charge is 0.302 e. The summed E-state index contributed by atoms with van der Waals surface area (Å²) in [6.07, 6.45) is 2.58. The molecule has 0 aromatic heterocycles. The average Bonchev–Trinajstić information content (AvgIpc) is 2.52. The summed E-state index contributed by atoms with van der Waals surface area (Å²) >= 11 is 0. The first-order chi connectivity index (χ1) is 5.34. The molecule has 1 saturated heterocycles. The van der Waals surface area contributed by atoms with Gasteiger partial charge in [-0.15, -0.1) is 0 Å². The van der Waals surface area contributed by atoms with Crippen molar-refractivity contribution >= 4 is 0 Å². The lowest BCUT2D eigenvalue weighted by atomic mass is 10.3. The topological polar surface area (TPSA) is 18.5 Å². The summed E-state index contributed by atoms with van der Waals surface area (Å²) in [5, 5.41) is 7.99. The number of hydrogen-bond donors (Lipinski definition) is 1. The van der Waals surface area contributed by atoms with Crippen LogP contribution >= 0.6 is 0 Å². The van der Waals surface area contributed by atoms with Gasteiger partial charge in [-0.05, 0) is 6.42 Å². The van der Waals surface area contributed by atoms with E-state index in [1.807, 2.05) is 0 Å². The molecule has 66 valence electrons. The molecule has 0 amide bonds. The predicted molar refractivity (Wildman–Crippen MR) is 47.1 cm³/mol. The average molecular weight is 157 g/mol. The number of hydrazine groups is 1. The van der Waals surface area contributed by atoms with E-state index in [1.54, 1.807) is 0 Å². The Morgan fingerprint density at radius 3 is 2.91 bits per heavy atom. The van der Waals surface area contributed by atoms with Crippen molar-refractivity contribution in [2.24, 2.45) is 0 Å². The van der Waals surface area contributed by atoms with Crippen molar-refractivity contribution in [1.29, 1.82) is 0 Å². The maximum Gasteiger partial charge on any atom is 0.0624 e. The SMILES string of the molecule is CCCCN(C)N1CCNC1. The Hall–Kier alpha value is -0.120. The van der Waals surface area contributed by atoms with E-state index in [0.29, 0.717) is 0 Å². The fourth-order valence-electron chi connectivity index (χ4n) is 1.32. The Morgan fingerprint density at radius 1 is 1.55 bits per heavy atom. The van der Waals surface area contributed by atoms with Crippen LogP contribution in [-0.4, -0.2) is 43.4 Å². The highest BCUT2D eigenvalue weighted by Crippen LogP contribution is 1.99. The molecule has 0 bridgehead atoms. The Labute approximate surface area is 69.3 Å². The van der Waals surface area contributed by atoms with Crippen LogP contribution in [0, 0.1) is 0 Å². The van der Waals surface area contributed by atoms with Crippen LogP contribution in [0.15, 0.2) is 0 Å². The van der Waals surface area contributed by atoms with Crippen LogP contribution in [-0.2, 0) is 0 Å². The summed E-state index contributed by atoms with van der Waals surface area (Å²) in [6, 6.07) is 0. The Bertz CT molecular complexity index is 99.5. The second-order valence-corrected chi connectivity index (χ2v) is 3.12. The zero-order valence-electron chi connectivity index (χ0n) is 7.64. The van der Waals surface area contributed by atoms with Gasteiger partial charge in [-0.3, -0.25) is 0 Å². The van der Waals surface area contributed by atoms with E-state index >= 15 is 0 Å². The van der Waals surface area contributed by atoms with E-state index in [2.05, 4.69) is 29.3 Å². The van der Waals surface area contributed by atoms with Crippen molar-refractivity contribution in [3.63, 3.8) is 0 Å². The lowest BCUT2D eigenvalue weighted by Crippen LogP contribution is -2.39. The second-order valence-electron chi connectivity index (χ2n) is 3.12. The first-order valence-electron chi connectivity index (χ1n) is 4.51. The molecule has 1 heterocycles. The molecule has 11 heavy (non-hydrogen) atoms. The van der Waals surface area contributed by atoms with Crippen LogP contribution in [0.2, 0.25) is 0 Å². The fourth-order valence-corrected chi connectivity index (χ4v) is 1.32. The van der Waals surface area contributed by atoms with Crippen LogP contribution in [0.4, 0.5) is 0 Å². The first kappa shape index (κ1) is 8.97. The summed E-state index contributed by atoms with van der Waals surface area (Å²) in [5.74, 6) is 0. The zero-order chi connectivity index (χ0) is 8.10. The quantitative estimate of drug-likeness (QED) is 0.641. The van der Waals surface area contributed by atoms with Crippen LogP contribution in [0.3, 0.4) is 0 Å². The molecule has 1 N–H and O–H groups in total. The molecule has 0 saturated carbocycles. The van der Waals surface area contributed by atoms with Gasteiger partial charge in [0.05, 0.1) is 6.67 Å². The molecule has 0 radical (unpaired) electrons. The third-order valence-electron chi connectivity index (χ3n) is 2.16. The van der Waals surface area contributed by atoms with E-state index in [1.165, 1.54) is 25.9 Å². The molecule has 0 aromatic carbocycles. The summed E-state index contributed by atoms with van der Waals surface area (Å²) in [5.41, 5.74) is 0. The van der Waals surface area contributed by atoms with Gasteiger partial charge in [0.2, 0.25) is 0 Å². The number of nitrogens with one attached hydrogen (secondary N) is 1. The van der Waals surface area contributed by atoms with Gasteiger partial charge < -0.3 is 5.32 Å². The maximum atomic E-state index is 3.31. The minimum absolute atomic E-state index is 1.03. The summed E-state index contributed by atoms with van der Waals surface area (Å²) in [7, 11) is 2.17. The van der Waals surface area contributed by atoms with E-state index < -0.39 is 0 Å². The van der Waals surface area contributed by atoms with E-state index in [9.17, 15) is 0 Å². The van der Waals surface area contributed by atoms with E-state index in [4.69, 9.17) is 0 Å². The molecule has 0 unspecified atom stereocenters. The highest BCUT2D eigenvalue weighted by molar-refractivity contribution is 4.62. The fraction of sp³-hybridized carbons (Fsp3) is 1.00. The first-order valence-corrected chi connectivity index (χ1v) is 4.51. The molecule has 0 spiro atoms. The summed E-state index contributed by atoms with van der Waals surface area (Å²) in [6.45, 7) is 6.76. The van der Waals surface area contributed by atoms with Crippen LogP contribution in [0.5, 0.6) is 0 Å². The van der Waals surface area contributed by atoms with Crippen LogP contribution < -0.4 is 5.32 Å². The number of unbranched alkanes of at least 4 members (excludes halogenated alkanes) is 1. The van der Waals surface area contributed by atoms with Crippen molar-refractivity contribution in [2.45, 2.75) is 19.8 Å². The van der Waals surface area contributed by atoms with Gasteiger partial charge in [0.15, 0.2) is 0 Å². The van der Waals surface area contributed by atoms with Gasteiger partial charge in [0, 0.05) is 26.7 Å². The molecule has 0 aliphatic carbocycles. The number of rotatable bonds is 4. The van der Waals surface area contributed by atoms with Gasteiger partial charge in [0.1, 0.15) is 0 Å². The Kier molecular flexibility index (Phi) is 3.83. The summed E-state index contributed by atoms with van der Waals surface area (Å²) in [4.78, 5) is 0. The maximum absolute atomic E-state index is 3.31. The monoisotopic (exact) mass is 157 g/mol. The molecule has 1 aliphatic rings. The molecule has 0 atom stereocenters. The van der Waals surface area contributed by atoms with Crippen LogP contribution in [0.25, 0.3) is 0 Å². The van der Waals surface area contributed by atoms with Crippen LogP contribution in [0.1, 0.15) is 19.8 Å². The van der Waals surface area contributed by atoms with E-state index in [0.717, 1.165) is 13.2 Å². The molecule has 1 fully saturated rings. The van der Waals surface area contributed by atoms with Gasteiger partial charge in [0.25, 0.3) is 0 Å². The minimum atomic E-state index is 1.03. The number of hydrogen-bond acceptors (Lipinski definition) is 3. The Morgan fingerprint density at radius 2 is 2.36 bits per heavy atom. The highest BCUT2D eigenvalue weighted by atomic mass is 15.6. The normalized spacial score (nSPS) is 19.9. The van der Waals surface area contributed by atoms with Gasteiger partial charge in [-0.1, -0.05) is 13.3 Å². The van der Waals surface area contributed by atoms with Crippen molar-refractivity contribution in [3.05, 3.63) is 0 Å². The van der Waals surface area contributed by atoms with E-state index in [-0.39, 0.29) is 0 Å². The third kappa shape index (κ3) is 2.77. The Balaban J connectivity index is 2.12. The molecular weight excluding hydrogens is 138 g/mol. The third-order valence-corrected chi connectivity index (χ3v) is 2.16. The molecule has 3 heteroatoms. The standard InChI is InChI=1S/C8H19N3/c1-3-4-6-10(2)11-7-5-9-8-11/h9H,3-8H2,1-2H3. The minimum Gasteiger partial charge on any atom is -0.302 e.